The lowest BCUT2D eigenvalue weighted by Crippen LogP contribution is -2.47. The van der Waals surface area contributed by atoms with E-state index < -0.39 is 0 Å². The van der Waals surface area contributed by atoms with Gasteiger partial charge in [0, 0.05) is 33.1 Å². The number of hydrogen-bond acceptors (Lipinski definition) is 5. The zero-order chi connectivity index (χ0) is 17.1. The molecule has 0 spiro atoms. The molecule has 0 aromatic heterocycles. The van der Waals surface area contributed by atoms with Crippen molar-refractivity contribution in [3.05, 3.63) is 0 Å². The molecular weight excluding hydrogens is 298 g/mol. The number of hydrogen-bond donors (Lipinski definition) is 1. The molecular formula is C16H29N3O4. The summed E-state index contributed by atoms with van der Waals surface area (Å²) in [5.74, 6) is 0.549. The SMILES string of the molecule is CCOC(=O)CCCNC(=NC)N1CCC(C(=O)OCC)CC1. The lowest BCUT2D eigenvalue weighted by atomic mass is 9.97. The fraction of sp³-hybridized carbons (Fsp3) is 0.812. The Balaban J connectivity index is 2.29. The van der Waals surface area contributed by atoms with Crippen molar-refractivity contribution in [2.45, 2.75) is 39.5 Å². The third-order valence-corrected chi connectivity index (χ3v) is 3.77. The number of likely N-dealkylation sites (tertiary alicyclic amines) is 1. The fourth-order valence-electron chi connectivity index (χ4n) is 2.59. The average Bonchev–Trinajstić information content (AvgIpc) is 2.56. The molecule has 7 heteroatoms. The molecule has 1 rings (SSSR count). The van der Waals surface area contributed by atoms with E-state index in [0.29, 0.717) is 32.6 Å². The standard InChI is InChI=1S/C16H29N3O4/c1-4-22-14(20)7-6-10-18-16(17-3)19-11-8-13(9-12-19)15(21)23-5-2/h13H,4-12H2,1-3H3,(H,17,18). The zero-order valence-electron chi connectivity index (χ0n) is 14.5. The topological polar surface area (TPSA) is 80.2 Å². The van der Waals surface area contributed by atoms with Gasteiger partial charge in [0.05, 0.1) is 19.1 Å². The first-order chi connectivity index (χ1) is 11.1. The molecule has 1 aliphatic heterocycles. The van der Waals surface area contributed by atoms with Gasteiger partial charge in [-0.1, -0.05) is 0 Å². The van der Waals surface area contributed by atoms with Crippen molar-refractivity contribution in [3.8, 4) is 0 Å². The summed E-state index contributed by atoms with van der Waals surface area (Å²) >= 11 is 0. The van der Waals surface area contributed by atoms with E-state index >= 15 is 0 Å². The van der Waals surface area contributed by atoms with Crippen LogP contribution in [0.1, 0.15) is 39.5 Å². The maximum absolute atomic E-state index is 11.7. The van der Waals surface area contributed by atoms with Crippen LogP contribution in [0.5, 0.6) is 0 Å². The number of esters is 2. The van der Waals surface area contributed by atoms with Crippen LogP contribution in [0.4, 0.5) is 0 Å². The van der Waals surface area contributed by atoms with Gasteiger partial charge in [-0.05, 0) is 33.1 Å². The molecule has 0 bridgehead atoms. The Morgan fingerprint density at radius 3 is 2.39 bits per heavy atom. The maximum atomic E-state index is 11.7. The Labute approximate surface area is 138 Å². The van der Waals surface area contributed by atoms with E-state index in [-0.39, 0.29) is 17.9 Å². The molecule has 1 saturated heterocycles. The van der Waals surface area contributed by atoms with E-state index in [1.807, 2.05) is 6.92 Å². The van der Waals surface area contributed by atoms with Crippen molar-refractivity contribution in [1.29, 1.82) is 0 Å². The van der Waals surface area contributed by atoms with E-state index in [1.165, 1.54) is 0 Å². The second-order valence-electron chi connectivity index (χ2n) is 5.40. The highest BCUT2D eigenvalue weighted by Crippen LogP contribution is 2.18. The molecule has 1 fully saturated rings. The largest absolute Gasteiger partial charge is 0.466 e. The van der Waals surface area contributed by atoms with Gasteiger partial charge in [0.15, 0.2) is 5.96 Å². The van der Waals surface area contributed by atoms with Gasteiger partial charge >= 0.3 is 11.9 Å². The highest BCUT2D eigenvalue weighted by Gasteiger charge is 2.27. The van der Waals surface area contributed by atoms with Crippen LogP contribution >= 0.6 is 0 Å². The molecule has 0 amide bonds. The van der Waals surface area contributed by atoms with Crippen LogP contribution in [0.15, 0.2) is 4.99 Å². The number of nitrogens with zero attached hydrogens (tertiary/aromatic N) is 2. The summed E-state index contributed by atoms with van der Waals surface area (Å²) in [5.41, 5.74) is 0. The van der Waals surface area contributed by atoms with Crippen molar-refractivity contribution in [2.75, 3.05) is 39.9 Å². The summed E-state index contributed by atoms with van der Waals surface area (Å²) in [6.45, 7) is 6.71. The number of carbonyl (C=O) groups excluding carboxylic acids is 2. The van der Waals surface area contributed by atoms with Gasteiger partial charge < -0.3 is 19.7 Å². The van der Waals surface area contributed by atoms with Crippen molar-refractivity contribution in [1.82, 2.24) is 10.2 Å². The summed E-state index contributed by atoms with van der Waals surface area (Å²) < 4.78 is 9.97. The van der Waals surface area contributed by atoms with E-state index in [2.05, 4.69) is 15.2 Å². The number of nitrogens with one attached hydrogen (secondary N) is 1. The maximum Gasteiger partial charge on any atom is 0.309 e. The van der Waals surface area contributed by atoms with Gasteiger partial charge in [0.1, 0.15) is 0 Å². The highest BCUT2D eigenvalue weighted by atomic mass is 16.5. The summed E-state index contributed by atoms with van der Waals surface area (Å²) in [4.78, 5) is 29.4. The van der Waals surface area contributed by atoms with Crippen LogP contribution in [0.25, 0.3) is 0 Å². The predicted molar refractivity (Wildman–Crippen MR) is 88.2 cm³/mol. The minimum Gasteiger partial charge on any atom is -0.466 e. The van der Waals surface area contributed by atoms with Crippen molar-refractivity contribution >= 4 is 17.9 Å². The Morgan fingerprint density at radius 2 is 1.83 bits per heavy atom. The monoisotopic (exact) mass is 327 g/mol. The van der Waals surface area contributed by atoms with Crippen LogP contribution in [0.3, 0.4) is 0 Å². The van der Waals surface area contributed by atoms with Gasteiger partial charge in [0.2, 0.25) is 0 Å². The minimum atomic E-state index is -0.167. The molecule has 0 saturated carbocycles. The molecule has 0 aliphatic carbocycles. The number of piperidine rings is 1. The zero-order valence-corrected chi connectivity index (χ0v) is 14.5. The number of carbonyl (C=O) groups is 2. The van der Waals surface area contributed by atoms with Gasteiger partial charge in [-0.15, -0.1) is 0 Å². The molecule has 0 unspecified atom stereocenters. The molecule has 1 heterocycles. The van der Waals surface area contributed by atoms with Gasteiger partial charge in [-0.25, -0.2) is 0 Å². The molecule has 23 heavy (non-hydrogen) atoms. The van der Waals surface area contributed by atoms with Crippen LogP contribution in [0.2, 0.25) is 0 Å². The lowest BCUT2D eigenvalue weighted by molar-refractivity contribution is -0.149. The molecule has 0 atom stereocenters. The van der Waals surface area contributed by atoms with Crippen LogP contribution in [-0.2, 0) is 19.1 Å². The van der Waals surface area contributed by atoms with Crippen molar-refractivity contribution < 1.29 is 19.1 Å². The first kappa shape index (κ1) is 19.3. The molecule has 0 aromatic rings. The van der Waals surface area contributed by atoms with Crippen LogP contribution < -0.4 is 5.32 Å². The molecule has 132 valence electrons. The molecule has 0 radical (unpaired) electrons. The molecule has 7 nitrogen and oxygen atoms in total. The number of ether oxygens (including phenoxy) is 2. The first-order valence-corrected chi connectivity index (χ1v) is 8.40. The highest BCUT2D eigenvalue weighted by molar-refractivity contribution is 5.80. The minimum absolute atomic E-state index is 0.00637. The van der Waals surface area contributed by atoms with Gasteiger partial charge in [0.25, 0.3) is 0 Å². The Bertz CT molecular complexity index is 404. The lowest BCUT2D eigenvalue weighted by Gasteiger charge is -2.33. The summed E-state index contributed by atoms with van der Waals surface area (Å²) in [7, 11) is 1.74. The summed E-state index contributed by atoms with van der Waals surface area (Å²) in [5, 5.41) is 3.26. The van der Waals surface area contributed by atoms with Gasteiger partial charge in [-0.3, -0.25) is 14.6 Å². The first-order valence-electron chi connectivity index (χ1n) is 8.40. The van der Waals surface area contributed by atoms with E-state index in [9.17, 15) is 9.59 Å². The normalized spacial score (nSPS) is 16.1. The Kier molecular flexibility index (Phi) is 9.09. The number of rotatable bonds is 7. The smallest absolute Gasteiger partial charge is 0.309 e. The number of guanidine groups is 1. The molecule has 0 aromatic carbocycles. The Morgan fingerprint density at radius 1 is 1.17 bits per heavy atom. The average molecular weight is 327 g/mol. The third-order valence-electron chi connectivity index (χ3n) is 3.77. The van der Waals surface area contributed by atoms with E-state index in [1.54, 1.807) is 14.0 Å². The van der Waals surface area contributed by atoms with E-state index in [4.69, 9.17) is 9.47 Å². The van der Waals surface area contributed by atoms with Crippen molar-refractivity contribution in [2.24, 2.45) is 10.9 Å². The van der Waals surface area contributed by atoms with Gasteiger partial charge in [-0.2, -0.15) is 0 Å². The second kappa shape index (κ2) is 10.9. The van der Waals surface area contributed by atoms with Crippen LogP contribution in [0, 0.1) is 5.92 Å². The van der Waals surface area contributed by atoms with Crippen molar-refractivity contribution in [3.63, 3.8) is 0 Å². The number of aliphatic imine (C=N–C) groups is 1. The molecule has 1 N–H and O–H groups in total. The summed E-state index contributed by atoms with van der Waals surface area (Å²) in [6, 6.07) is 0. The second-order valence-corrected chi connectivity index (χ2v) is 5.40. The third kappa shape index (κ3) is 6.88. The Hall–Kier alpha value is -1.79. The summed E-state index contributed by atoms with van der Waals surface area (Å²) in [6.07, 6.45) is 2.67. The predicted octanol–water partition coefficient (Wildman–Crippen LogP) is 1.18. The molecule has 1 aliphatic rings. The van der Waals surface area contributed by atoms with Crippen LogP contribution in [-0.4, -0.2) is 62.7 Å². The fourth-order valence-corrected chi connectivity index (χ4v) is 2.59. The quantitative estimate of drug-likeness (QED) is 0.327. The van der Waals surface area contributed by atoms with E-state index in [0.717, 1.165) is 31.9 Å².